The van der Waals surface area contributed by atoms with E-state index < -0.39 is 31.6 Å². The smallest absolute Gasteiger partial charge is 0.264 e. The third kappa shape index (κ3) is 5.73. The van der Waals surface area contributed by atoms with Gasteiger partial charge in [-0.05, 0) is 65.0 Å². The Bertz CT molecular complexity index is 1400. The number of rotatable bonds is 9. The summed E-state index contributed by atoms with van der Waals surface area (Å²) in [6, 6.07) is 25.2. The van der Waals surface area contributed by atoms with Gasteiger partial charge < -0.3 is 23.8 Å². The van der Waals surface area contributed by atoms with E-state index in [2.05, 4.69) is 22.6 Å². The Labute approximate surface area is 255 Å². The van der Waals surface area contributed by atoms with E-state index in [-0.39, 0.29) is 31.4 Å². The van der Waals surface area contributed by atoms with E-state index >= 15 is 4.11 Å². The average Bonchev–Trinajstić information content (AvgIpc) is 3.36. The molecule has 4 atom stereocenters. The SMILES string of the molecule is C[C@@H]1[C@@H]([Si](C)(C)F)[C@H](CC(=O)N(CCO)Cc2ccccc2)O[C@@]12C(=O)N(Cc1ccccc1)c1ccc(I)cc12. The molecule has 41 heavy (non-hydrogen) atoms. The molecule has 0 radical (unpaired) electrons. The van der Waals surface area contributed by atoms with Crippen LogP contribution in [0.5, 0.6) is 0 Å². The van der Waals surface area contributed by atoms with Crippen molar-refractivity contribution >= 4 is 48.5 Å². The van der Waals surface area contributed by atoms with E-state index in [1.165, 1.54) is 0 Å². The quantitative estimate of drug-likeness (QED) is 0.170. The molecule has 216 valence electrons. The Morgan fingerprint density at radius 2 is 1.71 bits per heavy atom. The van der Waals surface area contributed by atoms with Gasteiger partial charge in [0.15, 0.2) is 5.60 Å². The summed E-state index contributed by atoms with van der Waals surface area (Å²) in [7, 11) is -3.42. The second kappa shape index (κ2) is 11.9. The highest BCUT2D eigenvalue weighted by molar-refractivity contribution is 14.1. The van der Waals surface area contributed by atoms with Crippen LogP contribution in [0.4, 0.5) is 9.80 Å². The summed E-state index contributed by atoms with van der Waals surface area (Å²) in [6.07, 6.45) is -0.831. The van der Waals surface area contributed by atoms with Crippen LogP contribution >= 0.6 is 22.6 Å². The third-order valence-corrected chi connectivity index (χ3v) is 11.5. The summed E-state index contributed by atoms with van der Waals surface area (Å²) in [6.45, 7) is 5.87. The van der Waals surface area contributed by atoms with Gasteiger partial charge in [-0.15, -0.1) is 0 Å². The van der Waals surface area contributed by atoms with Crippen LogP contribution in [0.25, 0.3) is 0 Å². The average molecular weight is 687 g/mol. The van der Waals surface area contributed by atoms with Crippen LogP contribution in [0.2, 0.25) is 18.6 Å². The predicted octanol–water partition coefficient (Wildman–Crippen LogP) is 6.02. The van der Waals surface area contributed by atoms with E-state index in [1.54, 1.807) is 22.9 Å². The van der Waals surface area contributed by atoms with Crippen LogP contribution < -0.4 is 4.90 Å². The topological polar surface area (TPSA) is 70.1 Å². The van der Waals surface area contributed by atoms with Crippen LogP contribution in [0.15, 0.2) is 78.9 Å². The van der Waals surface area contributed by atoms with Crippen LogP contribution in [0.1, 0.15) is 30.0 Å². The van der Waals surface area contributed by atoms with Gasteiger partial charge in [-0.2, -0.15) is 0 Å². The Morgan fingerprint density at radius 3 is 2.32 bits per heavy atom. The fourth-order valence-electron chi connectivity index (χ4n) is 6.66. The highest BCUT2D eigenvalue weighted by Gasteiger charge is 2.67. The molecule has 2 aliphatic heterocycles. The molecule has 1 N–H and O–H groups in total. The normalized spacial score (nSPS) is 23.7. The standard InChI is InChI=1S/C32H36FIN2O4Si/c1-22-30(41(2,3)33)28(19-29(38)35(16-17-37)20-23-10-6-4-7-11-23)40-32(22)26-18-25(34)14-15-27(26)36(31(32)39)21-24-12-8-5-9-13-24/h4-15,18,22,28,30,37H,16-17,19-21H2,1-3H3/t22-,28+,30-,32+/m1/s1. The number of hydrogen-bond donors (Lipinski definition) is 1. The van der Waals surface area contributed by atoms with E-state index in [9.17, 15) is 14.7 Å². The van der Waals surface area contributed by atoms with Crippen molar-refractivity contribution in [3.8, 4) is 0 Å². The number of hydrogen-bond acceptors (Lipinski definition) is 4. The first-order chi connectivity index (χ1) is 19.6. The molecule has 0 aliphatic carbocycles. The van der Waals surface area contributed by atoms with Crippen LogP contribution in [0.3, 0.4) is 0 Å². The number of aliphatic hydroxyl groups excluding tert-OH is 1. The van der Waals surface area contributed by atoms with Gasteiger partial charge in [0.05, 0.1) is 31.4 Å². The first-order valence-electron chi connectivity index (χ1n) is 14.0. The molecule has 3 aromatic carbocycles. The fourth-order valence-corrected chi connectivity index (χ4v) is 9.65. The van der Waals surface area contributed by atoms with Gasteiger partial charge >= 0.3 is 0 Å². The molecule has 9 heteroatoms. The highest BCUT2D eigenvalue weighted by atomic mass is 127. The number of anilines is 1. The molecule has 0 bridgehead atoms. The monoisotopic (exact) mass is 686 g/mol. The summed E-state index contributed by atoms with van der Waals surface area (Å²) in [5.74, 6) is -0.909. The molecule has 6 nitrogen and oxygen atoms in total. The van der Waals surface area contributed by atoms with Gasteiger partial charge in [0.25, 0.3) is 5.91 Å². The zero-order chi connectivity index (χ0) is 29.4. The minimum absolute atomic E-state index is 0.0604. The van der Waals surface area contributed by atoms with Gasteiger partial charge in [0.1, 0.15) is 0 Å². The molecule has 2 heterocycles. The van der Waals surface area contributed by atoms with Crippen molar-refractivity contribution in [1.82, 2.24) is 4.90 Å². The summed E-state index contributed by atoms with van der Waals surface area (Å²) < 4.78 is 23.9. The second-order valence-corrected chi connectivity index (χ2v) is 16.6. The maximum atomic E-state index is 16.2. The summed E-state index contributed by atoms with van der Waals surface area (Å²) >= 11 is 2.23. The number of carbonyl (C=O) groups excluding carboxylic acids is 2. The maximum Gasteiger partial charge on any atom is 0.264 e. The highest BCUT2D eigenvalue weighted by Crippen LogP contribution is 2.60. The van der Waals surface area contributed by atoms with Crippen molar-refractivity contribution in [2.24, 2.45) is 5.92 Å². The molecule has 2 aliphatic rings. The predicted molar refractivity (Wildman–Crippen MR) is 168 cm³/mol. The van der Waals surface area contributed by atoms with Gasteiger partial charge in [-0.3, -0.25) is 9.59 Å². The second-order valence-electron chi connectivity index (χ2n) is 11.5. The van der Waals surface area contributed by atoms with Crippen LogP contribution in [-0.2, 0) is 33.0 Å². The third-order valence-electron chi connectivity index (χ3n) is 8.42. The van der Waals surface area contributed by atoms with Gasteiger partial charge in [-0.25, -0.2) is 0 Å². The van der Waals surface area contributed by atoms with Crippen LogP contribution in [-0.4, -0.2) is 49.5 Å². The van der Waals surface area contributed by atoms with Crippen molar-refractivity contribution in [3.63, 3.8) is 0 Å². The van der Waals surface area contributed by atoms with Crippen LogP contribution in [0, 0.1) is 9.49 Å². The molecule has 5 rings (SSSR count). The Hall–Kier alpha value is -2.60. The first kappa shape index (κ1) is 29.9. The molecule has 0 saturated carbocycles. The Morgan fingerprint density at radius 1 is 1.07 bits per heavy atom. The zero-order valence-corrected chi connectivity index (χ0v) is 26.8. The minimum atomic E-state index is -3.42. The van der Waals surface area contributed by atoms with E-state index in [4.69, 9.17) is 4.74 Å². The lowest BCUT2D eigenvalue weighted by atomic mass is 9.82. The van der Waals surface area contributed by atoms with Crippen molar-refractivity contribution in [2.75, 3.05) is 18.1 Å². The Balaban J connectivity index is 1.50. The summed E-state index contributed by atoms with van der Waals surface area (Å²) in [5.41, 5.74) is 1.48. The molecular weight excluding hydrogens is 650 g/mol. The van der Waals surface area contributed by atoms with E-state index in [0.29, 0.717) is 13.1 Å². The Kier molecular flexibility index (Phi) is 8.70. The number of aliphatic hydroxyl groups is 1. The summed E-state index contributed by atoms with van der Waals surface area (Å²) in [4.78, 5) is 31.5. The molecular formula is C32H36FIN2O4Si. The van der Waals surface area contributed by atoms with Gasteiger partial charge in [0.2, 0.25) is 14.3 Å². The zero-order valence-electron chi connectivity index (χ0n) is 23.6. The number of carbonyl (C=O) groups is 2. The number of amides is 2. The molecule has 1 saturated heterocycles. The molecule has 1 spiro atoms. The largest absolute Gasteiger partial charge is 0.395 e. The molecule has 3 aromatic rings. The van der Waals surface area contributed by atoms with Crippen molar-refractivity contribution < 1.29 is 23.5 Å². The first-order valence-corrected chi connectivity index (χ1v) is 18.0. The molecule has 0 unspecified atom stereocenters. The van der Waals surface area contributed by atoms with Crippen molar-refractivity contribution in [2.45, 2.75) is 56.8 Å². The molecule has 2 amide bonds. The molecule has 1 fully saturated rings. The number of nitrogens with zero attached hydrogens (tertiary/aromatic N) is 2. The minimum Gasteiger partial charge on any atom is -0.395 e. The van der Waals surface area contributed by atoms with Gasteiger partial charge in [-0.1, -0.05) is 67.6 Å². The number of benzene rings is 3. The van der Waals surface area contributed by atoms with E-state index in [1.807, 2.05) is 85.8 Å². The van der Waals surface area contributed by atoms with Gasteiger partial charge in [0, 0.05) is 33.7 Å². The lowest BCUT2D eigenvalue weighted by Crippen LogP contribution is -2.45. The maximum absolute atomic E-state index is 16.2. The summed E-state index contributed by atoms with van der Waals surface area (Å²) in [5, 5.41) is 9.71. The number of halogens is 2. The lowest BCUT2D eigenvalue weighted by molar-refractivity contribution is -0.150. The van der Waals surface area contributed by atoms with Crippen molar-refractivity contribution in [1.29, 1.82) is 0 Å². The number of fused-ring (bicyclic) bond motifs is 2. The fraction of sp³-hybridized carbons (Fsp3) is 0.375. The molecule has 0 aromatic heterocycles. The van der Waals surface area contributed by atoms with Crippen molar-refractivity contribution in [3.05, 3.63) is 99.1 Å². The van der Waals surface area contributed by atoms with E-state index in [0.717, 1.165) is 25.9 Å². The number of ether oxygens (including phenoxy) is 1. The lowest BCUT2D eigenvalue weighted by Gasteiger charge is -2.31.